The molecule has 1 fully saturated rings. The van der Waals surface area contributed by atoms with E-state index >= 15 is 0 Å². The molecule has 2 unspecified atom stereocenters. The quantitative estimate of drug-likeness (QED) is 0.819. The summed E-state index contributed by atoms with van der Waals surface area (Å²) in [6, 6.07) is 0.139. The Morgan fingerprint density at radius 2 is 1.91 bits per heavy atom. The van der Waals surface area contributed by atoms with Gasteiger partial charge in [0.2, 0.25) is 0 Å². The van der Waals surface area contributed by atoms with Gasteiger partial charge in [0, 0.05) is 18.6 Å². The van der Waals surface area contributed by atoms with E-state index in [0.717, 1.165) is 13.1 Å². The first-order chi connectivity index (χ1) is 10.1. The van der Waals surface area contributed by atoms with Crippen LogP contribution in [0.15, 0.2) is 0 Å². The van der Waals surface area contributed by atoms with Gasteiger partial charge in [0.15, 0.2) is 0 Å². The number of carbonyl (C=O) groups excluding carboxylic acids is 1. The van der Waals surface area contributed by atoms with Crippen LogP contribution in [-0.4, -0.2) is 48.3 Å². The highest BCUT2D eigenvalue weighted by Crippen LogP contribution is 2.34. The highest BCUT2D eigenvalue weighted by Gasteiger charge is 2.33. The van der Waals surface area contributed by atoms with Crippen LogP contribution >= 0.6 is 0 Å². The van der Waals surface area contributed by atoms with Crippen LogP contribution in [0.4, 0.5) is 4.79 Å². The molecular weight excluding hydrogens is 278 g/mol. The summed E-state index contributed by atoms with van der Waals surface area (Å²) in [5, 5.41) is 2.94. The summed E-state index contributed by atoms with van der Waals surface area (Å²) in [5.74, 6) is 0. The number of hydrogen-bond donors (Lipinski definition) is 2. The summed E-state index contributed by atoms with van der Waals surface area (Å²) in [6.45, 7) is 14.9. The minimum atomic E-state index is -0.476. The van der Waals surface area contributed by atoms with Gasteiger partial charge in [-0.25, -0.2) is 4.79 Å². The van der Waals surface area contributed by atoms with Gasteiger partial charge in [0.05, 0.1) is 0 Å². The largest absolute Gasteiger partial charge is 0.444 e. The summed E-state index contributed by atoms with van der Waals surface area (Å²) >= 11 is 0. The minimum absolute atomic E-state index is 0.0224. The number of piperidine rings is 1. The number of alkyl carbamates (subject to hydrolysis) is 1. The fourth-order valence-electron chi connectivity index (χ4n) is 3.01. The van der Waals surface area contributed by atoms with Crippen molar-refractivity contribution in [1.82, 2.24) is 10.2 Å². The molecule has 1 heterocycles. The van der Waals surface area contributed by atoms with E-state index < -0.39 is 5.60 Å². The third-order valence-corrected chi connectivity index (χ3v) is 4.89. The Labute approximate surface area is 135 Å². The lowest BCUT2D eigenvalue weighted by atomic mass is 9.78. The molecular formula is C17H35N3O2. The first-order valence-electron chi connectivity index (χ1n) is 8.54. The number of likely N-dealkylation sites (tertiary alicyclic amines) is 1. The van der Waals surface area contributed by atoms with Crippen LogP contribution in [0.3, 0.4) is 0 Å². The van der Waals surface area contributed by atoms with E-state index in [9.17, 15) is 4.79 Å². The van der Waals surface area contributed by atoms with Gasteiger partial charge in [-0.3, -0.25) is 4.90 Å². The van der Waals surface area contributed by atoms with Crippen molar-refractivity contribution in [3.8, 4) is 0 Å². The number of amides is 1. The third kappa shape index (κ3) is 5.76. The van der Waals surface area contributed by atoms with E-state index in [1.807, 2.05) is 27.7 Å². The van der Waals surface area contributed by atoms with E-state index in [0.29, 0.717) is 12.0 Å². The smallest absolute Gasteiger partial charge is 0.407 e. The maximum absolute atomic E-state index is 11.9. The van der Waals surface area contributed by atoms with Crippen molar-refractivity contribution in [2.24, 2.45) is 11.1 Å². The Bertz CT molecular complexity index is 357. The van der Waals surface area contributed by atoms with Crippen molar-refractivity contribution in [2.45, 2.75) is 78.5 Å². The standard InChI is InChI=1S/C17H35N3O2/c1-7-17(6)8-10-20(11-9-17)14(12-18)13(2)19-15(21)22-16(3,4)5/h13-14H,7-12,18H2,1-6H3,(H,19,21). The van der Waals surface area contributed by atoms with Gasteiger partial charge in [0.25, 0.3) is 0 Å². The molecule has 0 aromatic carbocycles. The van der Waals surface area contributed by atoms with Crippen LogP contribution in [0.1, 0.15) is 60.8 Å². The van der Waals surface area contributed by atoms with Crippen molar-refractivity contribution in [2.75, 3.05) is 19.6 Å². The van der Waals surface area contributed by atoms with Gasteiger partial charge >= 0.3 is 6.09 Å². The van der Waals surface area contributed by atoms with E-state index in [1.165, 1.54) is 19.3 Å². The van der Waals surface area contributed by atoms with E-state index in [-0.39, 0.29) is 18.2 Å². The second-order valence-corrected chi connectivity index (χ2v) is 7.94. The molecule has 5 nitrogen and oxygen atoms in total. The number of nitrogens with one attached hydrogen (secondary N) is 1. The Morgan fingerprint density at radius 3 is 2.32 bits per heavy atom. The summed E-state index contributed by atoms with van der Waals surface area (Å²) < 4.78 is 5.33. The van der Waals surface area contributed by atoms with Gasteiger partial charge in [0.1, 0.15) is 5.60 Å². The van der Waals surface area contributed by atoms with E-state index in [4.69, 9.17) is 10.5 Å². The third-order valence-electron chi connectivity index (χ3n) is 4.89. The summed E-state index contributed by atoms with van der Waals surface area (Å²) in [4.78, 5) is 14.3. The molecule has 1 aliphatic heterocycles. The van der Waals surface area contributed by atoms with Gasteiger partial charge in [-0.05, 0) is 59.0 Å². The van der Waals surface area contributed by atoms with Gasteiger partial charge < -0.3 is 15.8 Å². The predicted octanol–water partition coefficient (Wildman–Crippen LogP) is 2.74. The van der Waals surface area contributed by atoms with Gasteiger partial charge in [-0.1, -0.05) is 20.3 Å². The topological polar surface area (TPSA) is 67.6 Å². The fraction of sp³-hybridized carbons (Fsp3) is 0.941. The van der Waals surface area contributed by atoms with E-state index in [2.05, 4.69) is 24.1 Å². The number of carbonyl (C=O) groups is 1. The molecule has 1 amide bonds. The maximum Gasteiger partial charge on any atom is 0.407 e. The Balaban J connectivity index is 2.55. The zero-order chi connectivity index (χ0) is 17.0. The van der Waals surface area contributed by atoms with Gasteiger partial charge in [-0.15, -0.1) is 0 Å². The number of nitrogens with two attached hydrogens (primary N) is 1. The van der Waals surface area contributed by atoms with Crippen molar-refractivity contribution >= 4 is 6.09 Å². The van der Waals surface area contributed by atoms with Crippen molar-refractivity contribution in [3.05, 3.63) is 0 Å². The first-order valence-corrected chi connectivity index (χ1v) is 8.54. The number of hydrogen-bond acceptors (Lipinski definition) is 4. The second-order valence-electron chi connectivity index (χ2n) is 7.94. The van der Waals surface area contributed by atoms with Crippen molar-refractivity contribution < 1.29 is 9.53 Å². The molecule has 0 spiro atoms. The molecule has 0 aromatic rings. The zero-order valence-corrected chi connectivity index (χ0v) is 15.2. The van der Waals surface area contributed by atoms with Crippen LogP contribution in [0.25, 0.3) is 0 Å². The molecule has 22 heavy (non-hydrogen) atoms. The zero-order valence-electron chi connectivity index (χ0n) is 15.2. The molecule has 2 atom stereocenters. The Morgan fingerprint density at radius 1 is 1.36 bits per heavy atom. The summed E-state index contributed by atoms with van der Waals surface area (Å²) in [6.07, 6.45) is 3.24. The number of rotatable bonds is 5. The molecule has 1 aliphatic rings. The minimum Gasteiger partial charge on any atom is -0.444 e. The maximum atomic E-state index is 11.9. The highest BCUT2D eigenvalue weighted by atomic mass is 16.6. The molecule has 0 aliphatic carbocycles. The van der Waals surface area contributed by atoms with Crippen molar-refractivity contribution in [1.29, 1.82) is 0 Å². The monoisotopic (exact) mass is 313 g/mol. The van der Waals surface area contributed by atoms with Crippen molar-refractivity contribution in [3.63, 3.8) is 0 Å². The molecule has 1 rings (SSSR count). The van der Waals surface area contributed by atoms with Crippen LogP contribution in [-0.2, 0) is 4.74 Å². The van der Waals surface area contributed by atoms with Crippen LogP contribution in [0.2, 0.25) is 0 Å². The second kappa shape index (κ2) is 7.64. The average Bonchev–Trinajstić information content (AvgIpc) is 2.39. The lowest BCUT2D eigenvalue weighted by molar-refractivity contribution is 0.0406. The normalized spacial score (nSPS) is 22.0. The SMILES string of the molecule is CCC1(C)CCN(C(CN)C(C)NC(=O)OC(C)(C)C)CC1. The molecule has 0 radical (unpaired) electrons. The molecule has 3 N–H and O–H groups in total. The lowest BCUT2D eigenvalue weighted by Crippen LogP contribution is -2.56. The van der Waals surface area contributed by atoms with Gasteiger partial charge in [-0.2, -0.15) is 0 Å². The van der Waals surface area contributed by atoms with Crippen LogP contribution in [0, 0.1) is 5.41 Å². The molecule has 0 saturated carbocycles. The summed E-state index contributed by atoms with van der Waals surface area (Å²) in [7, 11) is 0. The molecule has 1 saturated heterocycles. The lowest BCUT2D eigenvalue weighted by Gasteiger charge is -2.43. The number of nitrogens with zero attached hydrogens (tertiary/aromatic N) is 1. The molecule has 130 valence electrons. The fourth-order valence-corrected chi connectivity index (χ4v) is 3.01. The first kappa shape index (κ1) is 19.2. The molecule has 5 heteroatoms. The van der Waals surface area contributed by atoms with Crippen LogP contribution < -0.4 is 11.1 Å². The summed E-state index contributed by atoms with van der Waals surface area (Å²) in [5.41, 5.74) is 5.95. The Kier molecular flexibility index (Phi) is 6.68. The highest BCUT2D eigenvalue weighted by molar-refractivity contribution is 5.68. The van der Waals surface area contributed by atoms with E-state index in [1.54, 1.807) is 0 Å². The Hall–Kier alpha value is -0.810. The number of ether oxygens (including phenoxy) is 1. The van der Waals surface area contributed by atoms with Crippen LogP contribution in [0.5, 0.6) is 0 Å². The molecule has 0 bridgehead atoms. The average molecular weight is 313 g/mol. The predicted molar refractivity (Wildman–Crippen MR) is 90.9 cm³/mol. The molecule has 0 aromatic heterocycles.